The van der Waals surface area contributed by atoms with Crippen LogP contribution in [0.5, 0.6) is 0 Å². The van der Waals surface area contributed by atoms with Gasteiger partial charge in [-0.3, -0.25) is 19.2 Å². The van der Waals surface area contributed by atoms with Crippen LogP contribution in [0.3, 0.4) is 0 Å². The van der Waals surface area contributed by atoms with Gasteiger partial charge in [0.05, 0.1) is 11.8 Å². The number of aliphatic carboxylic acids is 1. The predicted molar refractivity (Wildman–Crippen MR) is 209 cm³/mol. The number of rotatable bonds is 11. The third kappa shape index (κ3) is 6.48. The molecule has 0 bridgehead atoms. The molecule has 0 heterocycles. The van der Waals surface area contributed by atoms with E-state index in [1.807, 2.05) is 18.2 Å². The molecule has 0 spiro atoms. The van der Waals surface area contributed by atoms with Gasteiger partial charge in [0.25, 0.3) is 0 Å². The number of allylic oxidation sites excluding steroid dienone is 1. The molecule has 1 aromatic rings. The van der Waals surface area contributed by atoms with Crippen molar-refractivity contribution in [1.29, 1.82) is 0 Å². The third-order valence-corrected chi connectivity index (χ3v) is 16.3. The van der Waals surface area contributed by atoms with Crippen LogP contribution in [0.25, 0.3) is 0 Å². The smallest absolute Gasteiger partial charge is 0.309 e. The number of esters is 2. The van der Waals surface area contributed by atoms with E-state index in [-0.39, 0.29) is 57.8 Å². The summed E-state index contributed by atoms with van der Waals surface area (Å²) in [7, 11) is 0. The van der Waals surface area contributed by atoms with Crippen LogP contribution in [-0.4, -0.2) is 47.6 Å². The van der Waals surface area contributed by atoms with E-state index in [1.54, 1.807) is 13.8 Å². The first kappa shape index (κ1) is 40.7. The van der Waals surface area contributed by atoms with E-state index >= 15 is 0 Å². The maximum Gasteiger partial charge on any atom is 0.309 e. The fraction of sp³-hybridized carbons (Fsp3) is 0.739. The second-order valence-corrected chi connectivity index (χ2v) is 20.3. The Morgan fingerprint density at radius 3 is 2.22 bits per heavy atom. The maximum atomic E-state index is 14.3. The first-order chi connectivity index (χ1) is 25.1. The molecule has 8 nitrogen and oxygen atoms in total. The highest BCUT2D eigenvalue weighted by Gasteiger charge is 2.71. The zero-order valence-corrected chi connectivity index (χ0v) is 34.7. The van der Waals surface area contributed by atoms with Gasteiger partial charge in [-0.1, -0.05) is 78.8 Å². The summed E-state index contributed by atoms with van der Waals surface area (Å²) >= 11 is 0. The van der Waals surface area contributed by atoms with Crippen molar-refractivity contribution in [2.75, 3.05) is 6.54 Å². The lowest BCUT2D eigenvalue weighted by molar-refractivity contribution is -0.235. The summed E-state index contributed by atoms with van der Waals surface area (Å²) in [4.78, 5) is 51.9. The number of carboxylic acid groups (broad SMARTS) is 1. The quantitative estimate of drug-likeness (QED) is 0.216. The van der Waals surface area contributed by atoms with Crippen molar-refractivity contribution >= 4 is 23.7 Å². The molecular weight excluding hydrogens is 679 g/mol. The molecule has 9 atom stereocenters. The number of ketones is 1. The SMILES string of the molecule is CC(=O)OC(CNCc1ccccc1)C12CCC3(C)C(CCC4C5(C)CCC(OC(=O)CC(C)(C)C(=O)O)C(C)(C)C5CCC43C)C1=C(C(C)C)C(=O)C2. The van der Waals surface area contributed by atoms with E-state index in [4.69, 9.17) is 9.47 Å². The zero-order chi connectivity index (χ0) is 39.6. The molecule has 54 heavy (non-hydrogen) atoms. The molecular formula is C46H67NO7. The van der Waals surface area contributed by atoms with Crippen molar-refractivity contribution in [2.45, 2.75) is 152 Å². The van der Waals surface area contributed by atoms with Crippen LogP contribution in [0, 0.1) is 56.2 Å². The molecule has 0 aromatic heterocycles. The van der Waals surface area contributed by atoms with Crippen LogP contribution >= 0.6 is 0 Å². The Morgan fingerprint density at radius 2 is 1.59 bits per heavy atom. The molecule has 298 valence electrons. The number of fused-ring (bicyclic) bond motifs is 7. The molecule has 5 aliphatic rings. The molecule has 8 heteroatoms. The molecule has 0 aliphatic heterocycles. The number of carboxylic acids is 1. The van der Waals surface area contributed by atoms with E-state index in [0.29, 0.717) is 31.3 Å². The largest absolute Gasteiger partial charge is 0.481 e. The summed E-state index contributed by atoms with van der Waals surface area (Å²) in [5.74, 6) is -0.350. The molecule has 6 rings (SSSR count). The van der Waals surface area contributed by atoms with Crippen molar-refractivity contribution in [3.8, 4) is 0 Å². The number of ether oxygens (including phenoxy) is 2. The average Bonchev–Trinajstić information content (AvgIpc) is 3.39. The molecule has 9 unspecified atom stereocenters. The van der Waals surface area contributed by atoms with Gasteiger partial charge in [-0.25, -0.2) is 0 Å². The van der Waals surface area contributed by atoms with Gasteiger partial charge >= 0.3 is 17.9 Å². The van der Waals surface area contributed by atoms with E-state index in [1.165, 1.54) is 18.1 Å². The Labute approximate surface area is 324 Å². The van der Waals surface area contributed by atoms with E-state index in [9.17, 15) is 24.3 Å². The highest BCUT2D eigenvalue weighted by molar-refractivity contribution is 6.01. The van der Waals surface area contributed by atoms with Crippen molar-refractivity contribution in [1.82, 2.24) is 5.32 Å². The number of Topliss-reactive ketones (excluding diaryl/α,β-unsaturated/α-hetero) is 1. The van der Waals surface area contributed by atoms with Crippen LogP contribution in [0.1, 0.15) is 139 Å². The second kappa shape index (κ2) is 14.2. The van der Waals surface area contributed by atoms with Crippen LogP contribution < -0.4 is 5.32 Å². The van der Waals surface area contributed by atoms with Gasteiger partial charge in [0.15, 0.2) is 5.78 Å². The topological polar surface area (TPSA) is 119 Å². The molecule has 2 N–H and O–H groups in total. The van der Waals surface area contributed by atoms with Crippen molar-refractivity contribution in [3.05, 3.63) is 47.0 Å². The second-order valence-electron chi connectivity index (χ2n) is 20.3. The summed E-state index contributed by atoms with van der Waals surface area (Å²) in [5.41, 5.74) is 1.55. The lowest BCUT2D eigenvalue weighted by Gasteiger charge is -2.72. The van der Waals surface area contributed by atoms with Crippen LogP contribution in [0.15, 0.2) is 41.5 Å². The minimum absolute atomic E-state index is 0.0294. The fourth-order valence-corrected chi connectivity index (χ4v) is 13.4. The van der Waals surface area contributed by atoms with Crippen molar-refractivity contribution in [3.63, 3.8) is 0 Å². The number of carbonyl (C=O) groups is 4. The fourth-order valence-electron chi connectivity index (χ4n) is 13.4. The lowest BCUT2D eigenvalue weighted by atomic mass is 9.33. The van der Waals surface area contributed by atoms with E-state index in [2.05, 4.69) is 65.9 Å². The van der Waals surface area contributed by atoms with Gasteiger partial charge in [0.1, 0.15) is 12.2 Å². The first-order valence-electron chi connectivity index (χ1n) is 20.8. The summed E-state index contributed by atoms with van der Waals surface area (Å²) in [5, 5.41) is 13.2. The van der Waals surface area contributed by atoms with Crippen LogP contribution in [-0.2, 0) is 35.2 Å². The summed E-state index contributed by atoms with van der Waals surface area (Å²) < 4.78 is 12.5. The minimum atomic E-state index is -1.17. The third-order valence-electron chi connectivity index (χ3n) is 16.3. The summed E-state index contributed by atoms with van der Waals surface area (Å²) in [6.07, 6.45) is 7.29. The normalized spacial score (nSPS) is 36.4. The molecule has 1 aromatic carbocycles. The molecule has 0 amide bonds. The number of benzene rings is 1. The Kier molecular flexibility index (Phi) is 10.7. The number of hydrogen-bond acceptors (Lipinski definition) is 7. The van der Waals surface area contributed by atoms with Gasteiger partial charge < -0.3 is 19.9 Å². The Hall–Kier alpha value is -3.00. The summed E-state index contributed by atoms with van der Waals surface area (Å²) in [6.45, 7) is 22.3. The lowest BCUT2D eigenvalue weighted by Crippen LogP contribution is -2.66. The van der Waals surface area contributed by atoms with Crippen molar-refractivity contribution < 1.29 is 33.8 Å². The maximum absolute atomic E-state index is 14.3. The number of nitrogens with one attached hydrogen (secondary N) is 1. The minimum Gasteiger partial charge on any atom is -0.481 e. The van der Waals surface area contributed by atoms with E-state index in [0.717, 1.165) is 56.9 Å². The molecule has 4 saturated carbocycles. The van der Waals surface area contributed by atoms with Gasteiger partial charge in [0.2, 0.25) is 0 Å². The molecule has 0 saturated heterocycles. The van der Waals surface area contributed by atoms with Gasteiger partial charge in [-0.2, -0.15) is 0 Å². The van der Waals surface area contributed by atoms with Crippen molar-refractivity contribution in [2.24, 2.45) is 56.2 Å². The van der Waals surface area contributed by atoms with Crippen LogP contribution in [0.2, 0.25) is 0 Å². The highest BCUT2D eigenvalue weighted by atomic mass is 16.5. The number of hydrogen-bond donors (Lipinski definition) is 2. The first-order valence-corrected chi connectivity index (χ1v) is 20.8. The van der Waals surface area contributed by atoms with Gasteiger partial charge in [-0.05, 0) is 122 Å². The Bertz CT molecular complexity index is 1680. The highest BCUT2D eigenvalue weighted by Crippen LogP contribution is 2.77. The number of carbonyl (C=O) groups excluding carboxylic acids is 3. The van der Waals surface area contributed by atoms with Gasteiger partial charge in [0, 0.05) is 37.3 Å². The zero-order valence-electron chi connectivity index (χ0n) is 34.7. The summed E-state index contributed by atoms with van der Waals surface area (Å²) in [6, 6.07) is 10.3. The predicted octanol–water partition coefficient (Wildman–Crippen LogP) is 9.10. The molecule has 0 radical (unpaired) electrons. The van der Waals surface area contributed by atoms with E-state index < -0.39 is 28.9 Å². The van der Waals surface area contributed by atoms with Gasteiger partial charge in [-0.15, -0.1) is 0 Å². The Balaban J connectivity index is 1.30. The van der Waals surface area contributed by atoms with Crippen LogP contribution in [0.4, 0.5) is 0 Å². The molecule has 5 aliphatic carbocycles. The monoisotopic (exact) mass is 745 g/mol. The Morgan fingerprint density at radius 1 is 0.907 bits per heavy atom. The average molecular weight is 746 g/mol. The standard InChI is InChI=1S/C46H67NO7/c1-28(2)38-32(49)24-46(36(53-29(3)48)27-47-26-30-14-12-11-13-15-30)23-22-44(9)31(39(38)46)16-17-34-43(8)20-19-35(54-37(50)25-41(4,5)40(51)52)42(6,7)33(43)18-21-45(34,44)10/h11-15,28,31,33-36,47H,16-27H2,1-10H3,(H,51,52). The molecule has 4 fully saturated rings.